The lowest BCUT2D eigenvalue weighted by atomic mass is 9.82. The van der Waals surface area contributed by atoms with Crippen molar-refractivity contribution in [2.24, 2.45) is 35.5 Å². The van der Waals surface area contributed by atoms with Crippen molar-refractivity contribution < 1.29 is 97.0 Å². The highest BCUT2D eigenvalue weighted by Crippen LogP contribution is 2.35. The summed E-state index contributed by atoms with van der Waals surface area (Å²) in [5, 5.41) is 50.7. The number of rotatable bonds is 48. The zero-order chi connectivity index (χ0) is 74.9. The van der Waals surface area contributed by atoms with E-state index in [-0.39, 0.29) is 115 Å². The predicted octanol–water partition coefficient (Wildman–Crippen LogP) is 7.49. The van der Waals surface area contributed by atoms with Gasteiger partial charge in [-0.2, -0.15) is 0 Å². The number of hydrogen-bond donors (Lipinski definition) is 8. The number of ketones is 4. The molecule has 3 aromatic rings. The summed E-state index contributed by atoms with van der Waals surface area (Å²) in [5.74, 6) is -13.7. The van der Waals surface area contributed by atoms with Crippen molar-refractivity contribution in [3.63, 3.8) is 0 Å². The van der Waals surface area contributed by atoms with Crippen LogP contribution in [0, 0.1) is 35.5 Å². The topological polar surface area (TPSA) is 398 Å². The van der Waals surface area contributed by atoms with Gasteiger partial charge in [0, 0.05) is 86.3 Å². The fourth-order valence-electron chi connectivity index (χ4n) is 11.6. The molecule has 1 aliphatic rings. The van der Waals surface area contributed by atoms with Crippen LogP contribution in [0.15, 0.2) is 60.0 Å². The quantitative estimate of drug-likeness (QED) is 0.00677. The van der Waals surface area contributed by atoms with Crippen LogP contribution in [0.2, 0.25) is 0 Å². The number of carbonyl (C=O) groups is 13. The van der Waals surface area contributed by atoms with Gasteiger partial charge < -0.3 is 60.7 Å². The Balaban J connectivity index is 1.39. The molecule has 2 radical (unpaired) electrons. The number of aliphatic carboxylic acids is 3. The van der Waals surface area contributed by atoms with Crippen LogP contribution in [0.3, 0.4) is 0 Å². The van der Waals surface area contributed by atoms with Crippen LogP contribution in [-0.2, 0) is 79.8 Å². The lowest BCUT2D eigenvalue weighted by Gasteiger charge is -2.39. The van der Waals surface area contributed by atoms with E-state index in [9.17, 15) is 78.0 Å². The molecule has 2 heterocycles. The number of amides is 4. The summed E-state index contributed by atoms with van der Waals surface area (Å²) in [5.41, 5.74) is 1.24. The van der Waals surface area contributed by atoms with E-state index in [2.05, 4.69) is 26.2 Å². The number of esters is 2. The third kappa shape index (κ3) is 30.4. The number of thiazole rings is 1. The van der Waals surface area contributed by atoms with Crippen molar-refractivity contribution in [1.29, 1.82) is 0 Å². The second-order valence-electron chi connectivity index (χ2n) is 25.9. The van der Waals surface area contributed by atoms with Gasteiger partial charge in [0.05, 0.1) is 42.9 Å². The Kier molecular flexibility index (Phi) is 37.8. The van der Waals surface area contributed by atoms with Gasteiger partial charge in [0.25, 0.3) is 5.91 Å². The first-order valence-corrected chi connectivity index (χ1v) is 37.4. The Labute approximate surface area is 603 Å². The van der Waals surface area contributed by atoms with Crippen molar-refractivity contribution >= 4 is 118 Å². The van der Waals surface area contributed by atoms with Crippen LogP contribution in [0.4, 0.5) is 4.79 Å². The number of likely N-dealkylation sites (N-methyl/N-ethyl adjacent to an activating group) is 1. The van der Waals surface area contributed by atoms with Crippen LogP contribution in [0.1, 0.15) is 171 Å². The number of nitrogens with zero attached hydrogens (tertiary/aromatic N) is 3. The van der Waals surface area contributed by atoms with Crippen molar-refractivity contribution in [2.45, 2.75) is 188 Å². The number of carbonyl (C=O) groups excluding carboxylic acids is 10. The summed E-state index contributed by atoms with van der Waals surface area (Å²) in [7, 11) is 9.36. The first kappa shape index (κ1) is 85.7. The number of Topliss-reactive ketones (excluding diaryl/α,β-unsaturated/α-hetero) is 4. The van der Waals surface area contributed by atoms with Crippen molar-refractivity contribution in [2.75, 3.05) is 45.0 Å². The average Bonchev–Trinajstić information content (AvgIpc) is 1.63. The highest BCUT2D eigenvalue weighted by molar-refractivity contribution is 8.76. The second kappa shape index (κ2) is 44.6. The Morgan fingerprint density at radius 1 is 0.782 bits per heavy atom. The minimum atomic E-state index is -1.45. The molecule has 11 atom stereocenters. The van der Waals surface area contributed by atoms with Gasteiger partial charge in [-0.25, -0.2) is 9.78 Å². The molecule has 1 aromatic heterocycles. The summed E-state index contributed by atoms with van der Waals surface area (Å²) in [4.78, 5) is 180. The number of likely N-dealkylation sites (tertiary alicyclic amines) is 1. The molecule has 1 unspecified atom stereocenters. The Hall–Kier alpha value is -7.74. The van der Waals surface area contributed by atoms with E-state index in [1.165, 1.54) is 29.3 Å². The number of ether oxygens (including phenoxy) is 3. The first-order chi connectivity index (χ1) is 47.9. The number of aromatic hydroxyl groups is 1. The lowest BCUT2D eigenvalue weighted by Crippen LogP contribution is -2.50. The molecule has 0 aliphatic carbocycles. The minimum absolute atomic E-state index is 0.00532. The van der Waals surface area contributed by atoms with Gasteiger partial charge in [0.2, 0.25) is 11.8 Å². The summed E-state index contributed by atoms with van der Waals surface area (Å²) >= 11 is 1.05. The Bertz CT molecular complexity index is 3250. The maximum absolute atomic E-state index is 15.1. The van der Waals surface area contributed by atoms with Gasteiger partial charge >= 0.3 is 35.9 Å². The zero-order valence-electron chi connectivity index (χ0n) is 58.7. The van der Waals surface area contributed by atoms with E-state index in [1.54, 1.807) is 49.4 Å². The summed E-state index contributed by atoms with van der Waals surface area (Å²) in [6, 6.07) is 10.3. The third-order valence-electron chi connectivity index (χ3n) is 17.6. The minimum Gasteiger partial charge on any atom is -0.508 e. The van der Waals surface area contributed by atoms with Crippen molar-refractivity contribution in [3.05, 3.63) is 81.8 Å². The van der Waals surface area contributed by atoms with Crippen LogP contribution in [0.25, 0.3) is 0 Å². The van der Waals surface area contributed by atoms with Gasteiger partial charge in [-0.15, -0.1) is 11.3 Å². The van der Waals surface area contributed by atoms with E-state index in [1.807, 2.05) is 46.6 Å². The molecule has 1 fully saturated rings. The van der Waals surface area contributed by atoms with Crippen LogP contribution in [-0.4, -0.2) is 195 Å². The van der Waals surface area contributed by atoms with Gasteiger partial charge in [-0.3, -0.25) is 62.4 Å². The zero-order valence-corrected chi connectivity index (χ0v) is 61.2. The Morgan fingerprint density at radius 3 is 2.09 bits per heavy atom. The summed E-state index contributed by atoms with van der Waals surface area (Å²) < 4.78 is 16.9. The third-order valence-corrected chi connectivity index (χ3v) is 21.0. The lowest BCUT2D eigenvalue weighted by molar-refractivity contribution is -0.162. The molecule has 554 valence electrons. The monoisotopic (exact) mass is 1460 g/mol. The van der Waals surface area contributed by atoms with Crippen LogP contribution < -0.4 is 21.2 Å². The number of phenols is 1. The molecule has 0 spiro atoms. The van der Waals surface area contributed by atoms with E-state index in [4.69, 9.17) is 22.2 Å². The molecular formula is C70H98BN7O20S3. The second-order valence-corrected chi connectivity index (χ2v) is 29.4. The largest absolute Gasteiger partial charge is 0.508 e. The van der Waals surface area contributed by atoms with E-state index in [0.717, 1.165) is 52.3 Å². The Morgan fingerprint density at radius 2 is 1.48 bits per heavy atom. The normalized spacial score (nSPS) is 16.1. The molecule has 1 aliphatic heterocycles. The smallest absolute Gasteiger partial charge is 0.407 e. The van der Waals surface area contributed by atoms with Crippen LogP contribution in [0.5, 0.6) is 5.75 Å². The van der Waals surface area contributed by atoms with Crippen molar-refractivity contribution in [1.82, 2.24) is 36.0 Å². The van der Waals surface area contributed by atoms with Crippen molar-refractivity contribution in [3.8, 4) is 5.75 Å². The summed E-state index contributed by atoms with van der Waals surface area (Å²) in [6.45, 7) is 12.0. The molecule has 4 amide bonds. The number of phenolic OH excluding ortho intramolecular Hbond substituents is 1. The SMILES string of the molecule is [B]N[C@@H](CCC(=O)C[C@@H](CC(=O)O)C(=O)N[C@@H](Cc1ccccc1)C(=O)C[C@@H](CSSCCOC(=O)NCC(=O)[C@@H](C)C[C@H](Cc1ccc(O)cc1)NC(=O)c1csc([C@@H](C[C@H](C(C)C)N(COC(=O)CCC)C(=O)[C@@H](CC(=O)[C@H]2CCCCN2C)C(C)CC)OC(C)=O)n1)C(=O)O)C(=O)O. The number of piperidine rings is 1. The fourth-order valence-corrected chi connectivity index (χ4v) is 14.6. The average molecular weight is 1460 g/mol. The molecule has 0 saturated carbocycles. The molecule has 101 heavy (non-hydrogen) atoms. The molecule has 1 saturated heterocycles. The molecule has 27 nitrogen and oxygen atoms in total. The summed E-state index contributed by atoms with van der Waals surface area (Å²) in [6.07, 6.45) is -0.629. The van der Waals surface area contributed by atoms with Gasteiger partial charge in [0.15, 0.2) is 38.2 Å². The molecular weight excluding hydrogens is 1370 g/mol. The predicted molar refractivity (Wildman–Crippen MR) is 379 cm³/mol. The van der Waals surface area contributed by atoms with E-state index < -0.39 is 152 Å². The number of alkyl carbamates (subject to hydrolysis) is 1. The number of carboxylic acid groups (broad SMARTS) is 3. The molecule has 2 aromatic carbocycles. The first-order valence-electron chi connectivity index (χ1n) is 34.1. The van der Waals surface area contributed by atoms with Gasteiger partial charge in [-0.1, -0.05) is 118 Å². The fraction of sp³-hybridized carbons (Fsp3) is 0.600. The van der Waals surface area contributed by atoms with Gasteiger partial charge in [-0.05, 0) is 93.6 Å². The molecule has 4 rings (SSSR count). The standard InChI is InChI=1S/C70H98BN7O20S3/c1-9-16-63(87)97-40-78(67(90)52(42(5)10-2)35-59(83)56-19-14-15-26-77(56)8)57(41(3)4)36-61(98-44(7)79)66-75-55(39-99-66)65(89)73-49(30-46-20-22-50(80)23-21-46)29-43(6)60(84)37-72-70(95)96-27-28-100-101-38-48(68(91)92)33-58(82)54(31-45-17-12-11-13-18-45)74-64(88)47(34-62(85)86)32-51(81)24-25-53(76-71)69(93)94/h11-13,17-18,20-23,39,41-43,47-49,52-54,56-57,61,76,80H,9-10,14-16,19,24-38,40H2,1-8H3,(H,72,95)(H,73,89)(H,74,88)(H,85,86)(H,91,92)(H,93,94)/t42?,43-,47-,48-,49+,52-,53-,54-,56+,57+,61+/m0/s1. The number of nitrogens with one attached hydrogen (secondary N) is 4. The van der Waals surface area contributed by atoms with E-state index >= 15 is 4.79 Å². The maximum atomic E-state index is 15.1. The molecule has 0 bridgehead atoms. The maximum Gasteiger partial charge on any atom is 0.407 e. The van der Waals surface area contributed by atoms with E-state index in [0.29, 0.717) is 30.4 Å². The number of hydrogen-bond acceptors (Lipinski definition) is 23. The van der Waals surface area contributed by atoms with Crippen LogP contribution >= 0.6 is 32.9 Å². The molecule has 8 N–H and O–H groups in total. The van der Waals surface area contributed by atoms with Gasteiger partial charge in [0.1, 0.15) is 28.8 Å². The highest BCUT2D eigenvalue weighted by Gasteiger charge is 2.40. The number of carboxylic acids is 3. The number of aromatic nitrogens is 1. The number of benzene rings is 2. The molecule has 31 heteroatoms. The highest BCUT2D eigenvalue weighted by atomic mass is 33.1.